The highest BCUT2D eigenvalue weighted by atomic mass is 35.5. The highest BCUT2D eigenvalue weighted by Gasteiger charge is 2.20. The van der Waals surface area contributed by atoms with Crippen LogP contribution in [0, 0.1) is 0 Å². The number of halogens is 2. The van der Waals surface area contributed by atoms with E-state index in [9.17, 15) is 24.9 Å². The van der Waals surface area contributed by atoms with Gasteiger partial charge in [0.25, 0.3) is 0 Å². The molecule has 2 aromatic carbocycles. The lowest BCUT2D eigenvalue weighted by Gasteiger charge is -2.30. The van der Waals surface area contributed by atoms with Gasteiger partial charge in [-0.05, 0) is 94.2 Å². The first-order chi connectivity index (χ1) is 32.9. The number of aromatic nitrogens is 10. The van der Waals surface area contributed by atoms with E-state index in [-0.39, 0.29) is 41.3 Å². The number of fused-ring (bicyclic) bond motifs is 2. The van der Waals surface area contributed by atoms with Gasteiger partial charge in [-0.15, -0.1) is 0 Å². The van der Waals surface area contributed by atoms with Gasteiger partial charge < -0.3 is 46.1 Å². The Balaban J connectivity index is 0.000000171. The number of β-amino-alcohol motifs (C(OH)–C–C–N with tert-alkyl or cyclic N) is 1. The van der Waals surface area contributed by atoms with Crippen molar-refractivity contribution in [3.63, 3.8) is 0 Å². The maximum Gasteiger partial charge on any atom is 0.326 e. The zero-order valence-corrected chi connectivity index (χ0v) is 38.1. The van der Waals surface area contributed by atoms with Crippen molar-refractivity contribution in [2.45, 2.75) is 50.8 Å². The lowest BCUT2D eigenvalue weighted by molar-refractivity contribution is 0.109. The van der Waals surface area contributed by atoms with E-state index in [1.54, 1.807) is 58.7 Å². The molecule has 352 valence electrons. The Morgan fingerprint density at radius 2 is 1.19 bits per heavy atom. The lowest BCUT2D eigenvalue weighted by atomic mass is 10.1. The number of hydrogen-bond acceptors (Lipinski definition) is 15. The number of anilines is 4. The molecule has 0 radical (unpaired) electrons. The van der Waals surface area contributed by atoms with Crippen LogP contribution in [0.25, 0.3) is 23.4 Å². The molecule has 23 heteroatoms. The first-order valence-corrected chi connectivity index (χ1v) is 22.7. The Morgan fingerprint density at radius 3 is 1.62 bits per heavy atom. The summed E-state index contributed by atoms with van der Waals surface area (Å²) in [5.41, 5.74) is 3.37. The Morgan fingerprint density at radius 1 is 0.721 bits per heavy atom. The van der Waals surface area contributed by atoms with E-state index in [1.807, 2.05) is 42.5 Å². The number of aromatic hydroxyl groups is 2. The molecule has 8 aromatic rings. The number of aliphatic hydroxyl groups excluding tert-OH is 1. The molecular weight excluding hydrogens is 916 g/mol. The predicted octanol–water partition coefficient (Wildman–Crippen LogP) is 2.19. The first kappa shape index (κ1) is 45.8. The fourth-order valence-corrected chi connectivity index (χ4v) is 8.46. The van der Waals surface area contributed by atoms with Crippen LogP contribution in [0.2, 0.25) is 10.0 Å². The molecule has 21 nitrogen and oxygen atoms in total. The summed E-state index contributed by atoms with van der Waals surface area (Å²) in [5.74, 6) is 0.620. The van der Waals surface area contributed by atoms with E-state index in [0.29, 0.717) is 60.9 Å². The van der Waals surface area contributed by atoms with Gasteiger partial charge in [-0.25, -0.2) is 19.6 Å². The molecule has 10 rings (SSSR count). The number of piperidine rings is 2. The zero-order chi connectivity index (χ0) is 47.3. The third-order valence-electron chi connectivity index (χ3n) is 11.2. The maximum absolute atomic E-state index is 11.6. The van der Waals surface area contributed by atoms with Crippen LogP contribution in [-0.4, -0.2) is 120 Å². The highest BCUT2D eigenvalue weighted by Crippen LogP contribution is 2.21. The topological polar surface area (TPSA) is 282 Å². The van der Waals surface area contributed by atoms with Crippen LogP contribution in [-0.2, 0) is 0 Å². The number of hydrogen-bond donors (Lipinski definition) is 10. The van der Waals surface area contributed by atoms with E-state index in [1.165, 1.54) is 0 Å². The molecule has 68 heavy (non-hydrogen) atoms. The Bertz CT molecular complexity index is 3450. The predicted molar refractivity (Wildman–Crippen MR) is 257 cm³/mol. The van der Waals surface area contributed by atoms with Crippen molar-refractivity contribution < 1.29 is 15.3 Å². The number of imidazole rings is 2. The van der Waals surface area contributed by atoms with Crippen molar-refractivity contribution in [2.24, 2.45) is 9.98 Å². The minimum atomic E-state index is -0.510. The van der Waals surface area contributed by atoms with Crippen molar-refractivity contribution in [1.82, 2.24) is 59.3 Å². The van der Waals surface area contributed by atoms with Gasteiger partial charge in [0.2, 0.25) is 11.8 Å². The summed E-state index contributed by atoms with van der Waals surface area (Å²) in [4.78, 5) is 54.4. The van der Waals surface area contributed by atoms with Gasteiger partial charge in [-0.3, -0.25) is 20.0 Å². The van der Waals surface area contributed by atoms with Gasteiger partial charge in [0, 0.05) is 63.6 Å². The second-order valence-electron chi connectivity index (χ2n) is 16.5. The maximum atomic E-state index is 11.6. The molecule has 2 saturated heterocycles. The molecule has 1 unspecified atom stereocenters. The Kier molecular flexibility index (Phi) is 13.7. The van der Waals surface area contributed by atoms with Crippen molar-refractivity contribution in [2.75, 3.05) is 43.4 Å². The fraction of sp³-hybridized carbons (Fsp3) is 0.289. The monoisotopic (exact) mass is 962 g/mol. The van der Waals surface area contributed by atoms with E-state index in [0.717, 1.165) is 63.2 Å². The molecule has 10 N–H and O–H groups in total. The summed E-state index contributed by atoms with van der Waals surface area (Å²) in [6, 6.07) is 18.7. The molecule has 0 bridgehead atoms. The molecule has 0 aliphatic carbocycles. The summed E-state index contributed by atoms with van der Waals surface area (Å²) >= 11 is 12.3. The van der Waals surface area contributed by atoms with Gasteiger partial charge in [0.15, 0.2) is 22.3 Å². The van der Waals surface area contributed by atoms with E-state index in [2.05, 4.69) is 51.0 Å². The SMILES string of the molecule is CC(O)CN1CCC(N=c2cc(Nc3cccc(Cl)c3)nc3c(=Cc4[nH]c(=O)[nH]c4O)cnn23)CC1.O=c1[nH]c(O)c(C=c2cnn3c(=NC4CCNCC4)cc(Nc4cccc(Cl)c4)nc23)[nH]1. The first-order valence-electron chi connectivity index (χ1n) is 22.0. The van der Waals surface area contributed by atoms with Crippen LogP contribution in [0.3, 0.4) is 0 Å². The molecule has 0 spiro atoms. The van der Waals surface area contributed by atoms with E-state index >= 15 is 0 Å². The van der Waals surface area contributed by atoms with Crippen LogP contribution in [0.4, 0.5) is 23.0 Å². The number of aromatic amines is 4. The summed E-state index contributed by atoms with van der Waals surface area (Å²) in [6.45, 7) is 6.03. The molecule has 1 atom stereocenters. The number of H-pyrrole nitrogens is 4. The van der Waals surface area contributed by atoms with E-state index in [4.69, 9.17) is 43.2 Å². The second-order valence-corrected chi connectivity index (χ2v) is 17.4. The van der Waals surface area contributed by atoms with Crippen molar-refractivity contribution in [1.29, 1.82) is 0 Å². The van der Waals surface area contributed by atoms with Crippen molar-refractivity contribution in [3.8, 4) is 11.8 Å². The normalized spacial score (nSPS) is 16.7. The van der Waals surface area contributed by atoms with Crippen LogP contribution in [0.15, 0.2) is 92.6 Å². The average Bonchev–Trinajstić information content (AvgIpc) is 4.07. The summed E-state index contributed by atoms with van der Waals surface area (Å²) in [5, 5.41) is 50.9. The fourth-order valence-electron chi connectivity index (χ4n) is 8.08. The van der Waals surface area contributed by atoms with Crippen LogP contribution < -0.4 is 48.7 Å². The van der Waals surface area contributed by atoms with Crippen molar-refractivity contribution in [3.05, 3.63) is 137 Å². The van der Waals surface area contributed by atoms with Crippen molar-refractivity contribution >= 4 is 69.7 Å². The quantitative estimate of drug-likeness (QED) is 0.0943. The van der Waals surface area contributed by atoms with Crippen LogP contribution in [0.5, 0.6) is 11.8 Å². The molecule has 0 saturated carbocycles. The molecular formula is C45H48Cl2N16O5. The largest absolute Gasteiger partial charge is 0.493 e. The lowest BCUT2D eigenvalue weighted by Crippen LogP contribution is -2.39. The third kappa shape index (κ3) is 11.1. The zero-order valence-electron chi connectivity index (χ0n) is 36.6. The van der Waals surface area contributed by atoms with Gasteiger partial charge in [-0.1, -0.05) is 35.3 Å². The minimum absolute atomic E-state index is 0.0987. The summed E-state index contributed by atoms with van der Waals surface area (Å²) < 4.78 is 3.32. The molecule has 2 fully saturated rings. The minimum Gasteiger partial charge on any atom is -0.493 e. The number of rotatable bonds is 10. The molecule has 0 amide bonds. The third-order valence-corrected chi connectivity index (χ3v) is 11.7. The second kappa shape index (κ2) is 20.3. The van der Waals surface area contributed by atoms with Gasteiger partial charge in [0.1, 0.15) is 23.0 Å². The number of benzene rings is 2. The van der Waals surface area contributed by atoms with E-state index < -0.39 is 11.4 Å². The highest BCUT2D eigenvalue weighted by molar-refractivity contribution is 6.31. The van der Waals surface area contributed by atoms with Gasteiger partial charge >= 0.3 is 11.4 Å². The summed E-state index contributed by atoms with van der Waals surface area (Å²) in [7, 11) is 0. The molecule has 6 aromatic heterocycles. The standard InChI is InChI=1S/C24H27ClN8O3.C21H21ClN8O2/c1-14(34)13-32-7-5-17(6-8-32)28-21-11-20(27-18-4-2-3-16(25)10-18)30-22-15(12-26-33(21)22)9-19-23(35)31-24(36)29-19;22-13-2-1-3-15(9-13)25-17-10-18(26-14-4-6-23-7-5-14)30-19(28-17)12(11-24-30)8-16-20(31)29-21(32)27-16/h2-4,9-12,14,17,27,34-35H,5-8,13H2,1H3,(H2,29,31,36);1-3,8-11,14,23,25,31H,4-7H2,(H2,27,29,32). The number of likely N-dealkylation sites (tertiary alicyclic amines) is 1. The van der Waals surface area contributed by atoms with Crippen LogP contribution in [0.1, 0.15) is 44.0 Å². The van der Waals surface area contributed by atoms with Crippen LogP contribution >= 0.6 is 23.2 Å². The number of nitrogens with one attached hydrogen (secondary N) is 7. The Hall–Kier alpha value is -7.30. The Labute approximate surface area is 395 Å². The summed E-state index contributed by atoms with van der Waals surface area (Å²) in [6.07, 6.45) is 9.71. The smallest absolute Gasteiger partial charge is 0.326 e. The number of nitrogens with zero attached hydrogens (tertiary/aromatic N) is 9. The van der Waals surface area contributed by atoms with Gasteiger partial charge in [0.05, 0.1) is 30.6 Å². The molecule has 2 aliphatic heterocycles. The van der Waals surface area contributed by atoms with Gasteiger partial charge in [-0.2, -0.15) is 19.2 Å². The average molecular weight is 964 g/mol. The molecule has 8 heterocycles. The number of aliphatic hydroxyl groups is 1. The molecule has 2 aliphatic rings.